The Labute approximate surface area is 176 Å². The van der Waals surface area contributed by atoms with Gasteiger partial charge in [0.25, 0.3) is 15.9 Å². The van der Waals surface area contributed by atoms with Gasteiger partial charge in [-0.3, -0.25) is 9.10 Å². The van der Waals surface area contributed by atoms with Gasteiger partial charge in [-0.25, -0.2) is 8.42 Å². The highest BCUT2D eigenvalue weighted by Gasteiger charge is 2.21. The molecular formula is C22H21ClN2O3S. The summed E-state index contributed by atoms with van der Waals surface area (Å²) in [5.74, 6) is -0.153. The molecule has 0 aliphatic rings. The Balaban J connectivity index is 1.73. The predicted octanol–water partition coefficient (Wildman–Crippen LogP) is 4.44. The minimum Gasteiger partial charge on any atom is -0.337 e. The van der Waals surface area contributed by atoms with Crippen LogP contribution < -0.4 is 4.31 Å². The van der Waals surface area contributed by atoms with Crippen molar-refractivity contribution < 1.29 is 13.2 Å². The summed E-state index contributed by atoms with van der Waals surface area (Å²) in [6.07, 6.45) is 0. The maximum atomic E-state index is 12.7. The van der Waals surface area contributed by atoms with Gasteiger partial charge in [0.1, 0.15) is 0 Å². The molecule has 0 N–H and O–H groups in total. The quantitative estimate of drug-likeness (QED) is 0.583. The molecule has 29 heavy (non-hydrogen) atoms. The third-order valence-corrected chi connectivity index (χ3v) is 6.61. The first-order valence-electron chi connectivity index (χ1n) is 8.93. The Hall–Kier alpha value is -2.83. The van der Waals surface area contributed by atoms with E-state index in [1.807, 2.05) is 12.1 Å². The van der Waals surface area contributed by atoms with Gasteiger partial charge in [-0.15, -0.1) is 0 Å². The van der Waals surface area contributed by atoms with Crippen LogP contribution in [-0.2, 0) is 16.6 Å². The van der Waals surface area contributed by atoms with Crippen LogP contribution in [0.4, 0.5) is 5.69 Å². The molecule has 0 heterocycles. The van der Waals surface area contributed by atoms with E-state index in [1.54, 1.807) is 78.7 Å². The van der Waals surface area contributed by atoms with Crippen LogP contribution in [0.1, 0.15) is 15.9 Å². The van der Waals surface area contributed by atoms with E-state index in [9.17, 15) is 13.2 Å². The summed E-state index contributed by atoms with van der Waals surface area (Å²) < 4.78 is 26.7. The van der Waals surface area contributed by atoms with Crippen LogP contribution in [-0.4, -0.2) is 33.3 Å². The van der Waals surface area contributed by atoms with E-state index in [0.29, 0.717) is 22.8 Å². The maximum Gasteiger partial charge on any atom is 0.264 e. The van der Waals surface area contributed by atoms with E-state index >= 15 is 0 Å². The van der Waals surface area contributed by atoms with Crippen LogP contribution in [0.5, 0.6) is 0 Å². The fourth-order valence-electron chi connectivity index (χ4n) is 2.86. The maximum absolute atomic E-state index is 12.7. The lowest BCUT2D eigenvalue weighted by atomic mass is 10.1. The van der Waals surface area contributed by atoms with Crippen molar-refractivity contribution in [1.82, 2.24) is 4.90 Å². The van der Waals surface area contributed by atoms with Gasteiger partial charge in [-0.2, -0.15) is 0 Å². The van der Waals surface area contributed by atoms with Crippen molar-refractivity contribution in [2.24, 2.45) is 0 Å². The van der Waals surface area contributed by atoms with Crippen LogP contribution in [0.15, 0.2) is 83.8 Å². The molecule has 0 saturated carbocycles. The number of amides is 1. The fraction of sp³-hybridized carbons (Fsp3) is 0.136. The second-order valence-corrected chi connectivity index (χ2v) is 9.03. The number of anilines is 1. The molecule has 3 aromatic rings. The van der Waals surface area contributed by atoms with Crippen LogP contribution >= 0.6 is 11.6 Å². The van der Waals surface area contributed by atoms with Gasteiger partial charge in [0.2, 0.25) is 0 Å². The lowest BCUT2D eigenvalue weighted by Gasteiger charge is -2.21. The normalized spacial score (nSPS) is 11.1. The molecule has 0 aliphatic carbocycles. The third kappa shape index (κ3) is 4.78. The zero-order valence-corrected chi connectivity index (χ0v) is 17.7. The second kappa shape index (κ2) is 8.68. The first-order chi connectivity index (χ1) is 13.8. The average molecular weight is 429 g/mol. The summed E-state index contributed by atoms with van der Waals surface area (Å²) in [6.45, 7) is 0.444. The van der Waals surface area contributed by atoms with Gasteiger partial charge in [0.15, 0.2) is 0 Å². The molecule has 3 aromatic carbocycles. The largest absolute Gasteiger partial charge is 0.337 e. The van der Waals surface area contributed by atoms with E-state index < -0.39 is 10.0 Å². The number of rotatable bonds is 6. The Kier molecular flexibility index (Phi) is 6.25. The van der Waals surface area contributed by atoms with Crippen molar-refractivity contribution in [3.8, 4) is 0 Å². The van der Waals surface area contributed by atoms with Crippen molar-refractivity contribution in [3.63, 3.8) is 0 Å². The van der Waals surface area contributed by atoms with Crippen molar-refractivity contribution in [1.29, 1.82) is 0 Å². The zero-order valence-electron chi connectivity index (χ0n) is 16.1. The number of halogens is 1. The van der Waals surface area contributed by atoms with Gasteiger partial charge in [0.05, 0.1) is 10.6 Å². The predicted molar refractivity (Wildman–Crippen MR) is 116 cm³/mol. The summed E-state index contributed by atoms with van der Waals surface area (Å²) in [7, 11) is -0.448. The van der Waals surface area contributed by atoms with E-state index in [-0.39, 0.29) is 10.8 Å². The smallest absolute Gasteiger partial charge is 0.264 e. The summed E-state index contributed by atoms with van der Waals surface area (Å²) >= 11 is 5.89. The van der Waals surface area contributed by atoms with Gasteiger partial charge >= 0.3 is 0 Å². The number of hydrogen-bond donors (Lipinski definition) is 0. The second-order valence-electron chi connectivity index (χ2n) is 6.62. The fourth-order valence-corrected chi connectivity index (χ4v) is 4.20. The molecule has 0 radical (unpaired) electrons. The summed E-state index contributed by atoms with van der Waals surface area (Å²) in [5, 5.41) is 0.646. The molecule has 150 valence electrons. The van der Waals surface area contributed by atoms with Gasteiger partial charge in [-0.1, -0.05) is 41.9 Å². The lowest BCUT2D eigenvalue weighted by molar-refractivity contribution is 0.0785. The zero-order chi connectivity index (χ0) is 21.0. The van der Waals surface area contributed by atoms with Gasteiger partial charge in [-0.05, 0) is 54.1 Å². The number of hydrogen-bond acceptors (Lipinski definition) is 3. The Morgan fingerprint density at radius 1 is 0.862 bits per heavy atom. The third-order valence-electron chi connectivity index (χ3n) is 4.56. The minimum absolute atomic E-state index is 0.153. The molecule has 0 aromatic heterocycles. The molecule has 1 amide bonds. The van der Waals surface area contributed by atoms with Crippen molar-refractivity contribution in [2.45, 2.75) is 11.4 Å². The highest BCUT2D eigenvalue weighted by atomic mass is 35.5. The van der Waals surface area contributed by atoms with Crippen molar-refractivity contribution in [3.05, 3.63) is 95.0 Å². The summed E-state index contributed by atoms with van der Waals surface area (Å²) in [6, 6.07) is 22.1. The SMILES string of the molecule is CN(Cc1ccc(Cl)cc1)C(=O)c1ccc(N(C)S(=O)(=O)c2ccccc2)cc1. The molecule has 3 rings (SSSR count). The molecule has 0 bridgehead atoms. The first-order valence-corrected chi connectivity index (χ1v) is 10.7. The van der Waals surface area contributed by atoms with Crippen LogP contribution in [0, 0.1) is 0 Å². The topological polar surface area (TPSA) is 57.7 Å². The van der Waals surface area contributed by atoms with Gasteiger partial charge < -0.3 is 4.90 Å². The Morgan fingerprint density at radius 2 is 1.45 bits per heavy atom. The molecule has 0 spiro atoms. The standard InChI is InChI=1S/C22H21ClN2O3S/c1-24(16-17-8-12-19(23)13-9-17)22(26)18-10-14-20(15-11-18)25(2)29(27,28)21-6-4-3-5-7-21/h3-15H,16H2,1-2H3. The van der Waals surface area contributed by atoms with E-state index in [4.69, 9.17) is 11.6 Å². The van der Waals surface area contributed by atoms with Crippen LogP contribution in [0.3, 0.4) is 0 Å². The average Bonchev–Trinajstić information content (AvgIpc) is 2.75. The molecule has 5 nitrogen and oxygen atoms in total. The van der Waals surface area contributed by atoms with Crippen molar-refractivity contribution in [2.75, 3.05) is 18.4 Å². The van der Waals surface area contributed by atoms with E-state index in [1.165, 1.54) is 11.4 Å². The number of sulfonamides is 1. The Morgan fingerprint density at radius 3 is 2.03 bits per heavy atom. The number of carbonyl (C=O) groups excluding carboxylic acids is 1. The number of carbonyl (C=O) groups is 1. The van der Waals surface area contributed by atoms with Crippen LogP contribution in [0.25, 0.3) is 0 Å². The molecule has 0 aliphatic heterocycles. The Bertz CT molecular complexity index is 1080. The molecule has 0 fully saturated rings. The molecule has 0 saturated heterocycles. The molecular weight excluding hydrogens is 408 g/mol. The lowest BCUT2D eigenvalue weighted by Crippen LogP contribution is -2.27. The van der Waals surface area contributed by atoms with Crippen molar-refractivity contribution >= 4 is 33.2 Å². The van der Waals surface area contributed by atoms with E-state index in [0.717, 1.165) is 5.56 Å². The monoisotopic (exact) mass is 428 g/mol. The van der Waals surface area contributed by atoms with Gasteiger partial charge in [0, 0.05) is 31.2 Å². The minimum atomic E-state index is -3.66. The summed E-state index contributed by atoms with van der Waals surface area (Å²) in [4.78, 5) is 14.5. The first kappa shape index (κ1) is 20.9. The molecule has 7 heteroatoms. The van der Waals surface area contributed by atoms with E-state index in [2.05, 4.69) is 0 Å². The number of nitrogens with zero attached hydrogens (tertiary/aromatic N) is 2. The highest BCUT2D eigenvalue weighted by molar-refractivity contribution is 7.92. The summed E-state index contributed by atoms with van der Waals surface area (Å²) in [5.41, 5.74) is 1.93. The molecule has 0 atom stereocenters. The molecule has 0 unspecified atom stereocenters. The van der Waals surface area contributed by atoms with Crippen LogP contribution in [0.2, 0.25) is 5.02 Å². The number of benzene rings is 3. The highest BCUT2D eigenvalue weighted by Crippen LogP contribution is 2.23.